The summed E-state index contributed by atoms with van der Waals surface area (Å²) in [7, 11) is 0. The molecule has 1 N–H and O–H groups in total. The minimum atomic E-state index is -1.08. The monoisotopic (exact) mass is 274 g/mol. The highest BCUT2D eigenvalue weighted by Gasteiger charge is 2.33. The van der Waals surface area contributed by atoms with Gasteiger partial charge in [-0.1, -0.05) is 31.4 Å². The van der Waals surface area contributed by atoms with E-state index in [2.05, 4.69) is 4.98 Å². The number of nitrogens with zero attached hydrogens (tertiary/aromatic N) is 1. The Morgan fingerprint density at radius 2 is 2.00 bits per heavy atom. The second-order valence-electron chi connectivity index (χ2n) is 5.01. The van der Waals surface area contributed by atoms with Crippen molar-refractivity contribution in [2.24, 2.45) is 5.41 Å². The topological polar surface area (TPSA) is 54.9 Å². The van der Waals surface area contributed by atoms with Crippen molar-refractivity contribution in [3.05, 3.63) is 31.8 Å². The zero-order chi connectivity index (χ0) is 13.3. The first kappa shape index (κ1) is 13.3. The Morgan fingerprint density at radius 1 is 1.39 bits per heavy atom. The van der Waals surface area contributed by atoms with Crippen molar-refractivity contribution in [1.82, 2.24) is 9.55 Å². The second-order valence-corrected chi connectivity index (χ2v) is 5.39. The maximum Gasteiger partial charge on any atom is 0.329 e. The van der Waals surface area contributed by atoms with Gasteiger partial charge >= 0.3 is 5.69 Å². The van der Waals surface area contributed by atoms with Crippen LogP contribution < -0.4 is 11.2 Å². The largest absolute Gasteiger partial charge is 0.329 e. The Balaban J connectivity index is 2.44. The van der Waals surface area contributed by atoms with Crippen molar-refractivity contribution in [2.45, 2.75) is 45.6 Å². The molecule has 0 saturated heterocycles. The van der Waals surface area contributed by atoms with Gasteiger partial charge in [0.2, 0.25) is 5.82 Å². The Labute approximate surface area is 109 Å². The highest BCUT2D eigenvalue weighted by molar-refractivity contribution is 6.29. The molecule has 0 aliphatic heterocycles. The predicted molar refractivity (Wildman–Crippen MR) is 67.5 cm³/mol. The summed E-state index contributed by atoms with van der Waals surface area (Å²) < 4.78 is 14.4. The molecule has 0 aromatic carbocycles. The van der Waals surface area contributed by atoms with E-state index >= 15 is 0 Å². The average molecular weight is 275 g/mol. The smallest absolute Gasteiger partial charge is 0.295 e. The second kappa shape index (κ2) is 4.88. The molecule has 6 heteroatoms. The van der Waals surface area contributed by atoms with Gasteiger partial charge in [-0.3, -0.25) is 14.3 Å². The number of nitrogens with one attached hydrogen (secondary N) is 1. The Morgan fingerprint density at radius 3 is 2.56 bits per heavy atom. The van der Waals surface area contributed by atoms with Gasteiger partial charge in [0, 0.05) is 6.54 Å². The maximum absolute atomic E-state index is 13.4. The zero-order valence-electron chi connectivity index (χ0n) is 10.3. The van der Waals surface area contributed by atoms with Crippen LogP contribution in [0, 0.1) is 11.2 Å². The zero-order valence-corrected chi connectivity index (χ0v) is 11.0. The Hall–Kier alpha value is -1.10. The highest BCUT2D eigenvalue weighted by atomic mass is 35.5. The number of aromatic nitrogens is 2. The van der Waals surface area contributed by atoms with Crippen LogP contribution in [-0.2, 0) is 6.54 Å². The molecule has 0 unspecified atom stereocenters. The van der Waals surface area contributed by atoms with Crippen molar-refractivity contribution in [3.8, 4) is 0 Å². The highest BCUT2D eigenvalue weighted by Crippen LogP contribution is 2.41. The summed E-state index contributed by atoms with van der Waals surface area (Å²) in [5, 5.41) is -0.516. The minimum Gasteiger partial charge on any atom is -0.295 e. The normalized spacial score (nSPS) is 18.2. The van der Waals surface area contributed by atoms with Gasteiger partial charge in [-0.05, 0) is 24.7 Å². The summed E-state index contributed by atoms with van der Waals surface area (Å²) in [4.78, 5) is 25.6. The fraction of sp³-hybridized carbons (Fsp3) is 0.667. The molecule has 1 aromatic heterocycles. The van der Waals surface area contributed by atoms with E-state index in [1.54, 1.807) is 0 Å². The van der Waals surface area contributed by atoms with Crippen molar-refractivity contribution in [1.29, 1.82) is 0 Å². The molecule has 18 heavy (non-hydrogen) atoms. The first-order chi connectivity index (χ1) is 8.49. The quantitative estimate of drug-likeness (QED) is 0.860. The molecule has 1 heterocycles. The first-order valence-corrected chi connectivity index (χ1v) is 6.55. The van der Waals surface area contributed by atoms with Crippen molar-refractivity contribution >= 4 is 11.6 Å². The fourth-order valence-corrected chi connectivity index (χ4v) is 2.91. The number of rotatable bonds is 3. The minimum absolute atomic E-state index is 0.0584. The number of H-pyrrole nitrogens is 1. The molecule has 0 radical (unpaired) electrons. The van der Waals surface area contributed by atoms with E-state index in [0.29, 0.717) is 0 Å². The van der Waals surface area contributed by atoms with Crippen molar-refractivity contribution in [3.63, 3.8) is 0 Å². The molecular weight excluding hydrogens is 259 g/mol. The summed E-state index contributed by atoms with van der Waals surface area (Å²) in [5.74, 6) is -1.08. The van der Waals surface area contributed by atoms with Gasteiger partial charge < -0.3 is 0 Å². The molecule has 0 amide bonds. The van der Waals surface area contributed by atoms with Crippen LogP contribution in [-0.4, -0.2) is 9.55 Å². The molecule has 4 nitrogen and oxygen atoms in total. The van der Waals surface area contributed by atoms with Gasteiger partial charge in [0.05, 0.1) is 0 Å². The molecule has 100 valence electrons. The lowest BCUT2D eigenvalue weighted by atomic mass is 9.83. The van der Waals surface area contributed by atoms with E-state index in [9.17, 15) is 14.0 Å². The van der Waals surface area contributed by atoms with Gasteiger partial charge in [-0.15, -0.1) is 0 Å². The third kappa shape index (κ3) is 2.23. The van der Waals surface area contributed by atoms with Crippen LogP contribution in [0.5, 0.6) is 0 Å². The van der Waals surface area contributed by atoms with Crippen LogP contribution in [0.4, 0.5) is 4.39 Å². The van der Waals surface area contributed by atoms with Crippen LogP contribution in [0.1, 0.15) is 39.0 Å². The van der Waals surface area contributed by atoms with Crippen LogP contribution >= 0.6 is 11.6 Å². The third-order valence-electron chi connectivity index (χ3n) is 4.00. The molecule has 1 aliphatic carbocycles. The van der Waals surface area contributed by atoms with Gasteiger partial charge in [0.25, 0.3) is 5.56 Å². The molecule has 0 bridgehead atoms. The van der Waals surface area contributed by atoms with Crippen LogP contribution in [0.25, 0.3) is 0 Å². The molecule has 1 saturated carbocycles. The molecule has 1 aromatic rings. The SMILES string of the molecule is CCC1(Cn2c(=O)[nH]c(Cl)c(F)c2=O)CCCC1. The van der Waals surface area contributed by atoms with Gasteiger partial charge in [0.1, 0.15) is 0 Å². The van der Waals surface area contributed by atoms with Gasteiger partial charge in [0.15, 0.2) is 5.15 Å². The number of halogens is 2. The van der Waals surface area contributed by atoms with E-state index in [1.807, 2.05) is 6.92 Å². The molecule has 1 aliphatic rings. The maximum atomic E-state index is 13.4. The molecule has 1 fully saturated rings. The average Bonchev–Trinajstić information content (AvgIpc) is 2.81. The summed E-state index contributed by atoms with van der Waals surface area (Å²) in [6.45, 7) is 2.31. The van der Waals surface area contributed by atoms with E-state index in [4.69, 9.17) is 11.6 Å². The van der Waals surface area contributed by atoms with Crippen LogP contribution in [0.3, 0.4) is 0 Å². The molecule has 2 rings (SSSR count). The fourth-order valence-electron chi connectivity index (χ4n) is 2.75. The van der Waals surface area contributed by atoms with Crippen LogP contribution in [0.15, 0.2) is 9.59 Å². The lowest BCUT2D eigenvalue weighted by Crippen LogP contribution is -2.41. The summed E-state index contributed by atoms with van der Waals surface area (Å²) in [5.41, 5.74) is -1.62. The molecule has 0 atom stereocenters. The van der Waals surface area contributed by atoms with Crippen LogP contribution in [0.2, 0.25) is 5.15 Å². The van der Waals surface area contributed by atoms with Crippen molar-refractivity contribution < 1.29 is 4.39 Å². The van der Waals surface area contributed by atoms with Gasteiger partial charge in [-0.2, -0.15) is 4.39 Å². The summed E-state index contributed by atoms with van der Waals surface area (Å²) in [6, 6.07) is 0. The van der Waals surface area contributed by atoms with Gasteiger partial charge in [-0.25, -0.2) is 4.79 Å². The van der Waals surface area contributed by atoms with E-state index in [-0.39, 0.29) is 12.0 Å². The lowest BCUT2D eigenvalue weighted by molar-refractivity contribution is 0.228. The van der Waals surface area contributed by atoms with Crippen molar-refractivity contribution in [2.75, 3.05) is 0 Å². The number of hydrogen-bond donors (Lipinski definition) is 1. The van der Waals surface area contributed by atoms with E-state index < -0.39 is 22.2 Å². The van der Waals surface area contributed by atoms with E-state index in [0.717, 1.165) is 36.7 Å². The Kier molecular flexibility index (Phi) is 3.61. The summed E-state index contributed by atoms with van der Waals surface area (Å²) in [6.07, 6.45) is 5.01. The lowest BCUT2D eigenvalue weighted by Gasteiger charge is -2.27. The number of aromatic amines is 1. The predicted octanol–water partition coefficient (Wildman–Crippen LogP) is 2.30. The molecular formula is C12H16ClFN2O2. The van der Waals surface area contributed by atoms with E-state index in [1.165, 1.54) is 0 Å². The Bertz CT molecular complexity index is 558. The first-order valence-electron chi connectivity index (χ1n) is 6.17. The third-order valence-corrected chi connectivity index (χ3v) is 4.26. The summed E-state index contributed by atoms with van der Waals surface area (Å²) >= 11 is 5.43. The molecule has 0 spiro atoms. The standard InChI is InChI=1S/C12H16ClFN2O2/c1-2-12(5-3-4-6-12)7-16-10(17)8(14)9(13)15-11(16)18/h2-7H2,1H3,(H,15,18). The number of hydrogen-bond acceptors (Lipinski definition) is 2.